The molecule has 1 fully saturated rings. The van der Waals surface area contributed by atoms with Gasteiger partial charge < -0.3 is 10.4 Å². The van der Waals surface area contributed by atoms with Crippen LogP contribution in [0, 0.1) is 5.41 Å². The predicted octanol–water partition coefficient (Wildman–Crippen LogP) is 1.62. The Labute approximate surface area is 106 Å². The minimum absolute atomic E-state index is 0.104. The van der Waals surface area contributed by atoms with Crippen LogP contribution in [-0.2, 0) is 0 Å². The van der Waals surface area contributed by atoms with Crippen molar-refractivity contribution in [3.8, 4) is 0 Å². The van der Waals surface area contributed by atoms with Crippen LogP contribution in [0.3, 0.4) is 0 Å². The minimum atomic E-state index is -4.10. The lowest BCUT2D eigenvalue weighted by atomic mass is 9.93. The van der Waals surface area contributed by atoms with Crippen molar-refractivity contribution in [3.05, 3.63) is 0 Å². The lowest BCUT2D eigenvalue weighted by Gasteiger charge is -2.34. The lowest BCUT2D eigenvalue weighted by Crippen LogP contribution is -2.47. The van der Waals surface area contributed by atoms with Crippen LogP contribution < -0.4 is 5.32 Å². The van der Waals surface area contributed by atoms with Gasteiger partial charge in [-0.3, -0.25) is 4.90 Å². The number of hydrogen-bond acceptors (Lipinski definition) is 3. The molecule has 1 aliphatic rings. The molecule has 0 aliphatic carbocycles. The topological polar surface area (TPSA) is 35.5 Å². The molecule has 1 aliphatic heterocycles. The maximum Gasteiger partial charge on any atom is 0.401 e. The van der Waals surface area contributed by atoms with Crippen molar-refractivity contribution >= 4 is 0 Å². The number of aliphatic hydroxyl groups excluding tert-OH is 1. The molecule has 1 rings (SSSR count). The quantitative estimate of drug-likeness (QED) is 0.795. The molecule has 18 heavy (non-hydrogen) atoms. The Hall–Kier alpha value is -0.330. The molecule has 0 unspecified atom stereocenters. The molecular weight excluding hydrogens is 245 g/mol. The van der Waals surface area contributed by atoms with Crippen molar-refractivity contribution < 1.29 is 18.3 Å². The summed E-state index contributed by atoms with van der Waals surface area (Å²) in [4.78, 5) is 1.45. The second-order valence-electron chi connectivity index (χ2n) is 5.87. The molecule has 0 aromatic heterocycles. The molecule has 0 bridgehead atoms. The Morgan fingerprint density at radius 3 is 2.22 bits per heavy atom. The summed E-state index contributed by atoms with van der Waals surface area (Å²) < 4.78 is 36.6. The van der Waals surface area contributed by atoms with Crippen LogP contribution in [0.5, 0.6) is 0 Å². The zero-order valence-electron chi connectivity index (χ0n) is 11.1. The van der Waals surface area contributed by atoms with Crippen molar-refractivity contribution in [2.24, 2.45) is 5.41 Å². The summed E-state index contributed by atoms with van der Waals surface area (Å²) in [5.41, 5.74) is -0.177. The van der Waals surface area contributed by atoms with E-state index < -0.39 is 12.7 Å². The number of aliphatic hydroxyl groups is 1. The van der Waals surface area contributed by atoms with Crippen LogP contribution in [0.15, 0.2) is 0 Å². The molecule has 0 radical (unpaired) electrons. The number of likely N-dealkylation sites (tertiary alicyclic amines) is 1. The first kappa shape index (κ1) is 15.7. The Morgan fingerprint density at radius 1 is 1.22 bits per heavy atom. The Kier molecular flexibility index (Phi) is 5.43. The fourth-order valence-electron chi connectivity index (χ4n) is 2.03. The fourth-order valence-corrected chi connectivity index (χ4v) is 2.03. The van der Waals surface area contributed by atoms with E-state index >= 15 is 0 Å². The highest BCUT2D eigenvalue weighted by atomic mass is 19.4. The summed E-state index contributed by atoms with van der Waals surface area (Å²) in [7, 11) is 0. The van der Waals surface area contributed by atoms with Gasteiger partial charge in [0.15, 0.2) is 0 Å². The number of rotatable bonds is 5. The molecule has 2 N–H and O–H groups in total. The second kappa shape index (κ2) is 6.21. The number of nitrogens with one attached hydrogen (secondary N) is 1. The number of hydrogen-bond donors (Lipinski definition) is 2. The van der Waals surface area contributed by atoms with E-state index in [0.29, 0.717) is 19.6 Å². The van der Waals surface area contributed by atoms with E-state index in [1.165, 1.54) is 4.90 Å². The Bertz CT molecular complexity index is 248. The number of piperidine rings is 1. The average molecular weight is 268 g/mol. The summed E-state index contributed by atoms with van der Waals surface area (Å²) in [6.45, 7) is 4.87. The zero-order chi connectivity index (χ0) is 13.8. The molecule has 1 saturated heterocycles. The van der Waals surface area contributed by atoms with Gasteiger partial charge in [-0.1, -0.05) is 13.8 Å². The van der Waals surface area contributed by atoms with Crippen molar-refractivity contribution in [1.29, 1.82) is 0 Å². The third kappa shape index (κ3) is 6.02. The third-order valence-electron chi connectivity index (χ3n) is 3.29. The lowest BCUT2D eigenvalue weighted by molar-refractivity contribution is -0.148. The molecule has 0 amide bonds. The van der Waals surface area contributed by atoms with E-state index in [1.807, 2.05) is 13.8 Å². The van der Waals surface area contributed by atoms with Crippen molar-refractivity contribution in [2.45, 2.75) is 38.9 Å². The van der Waals surface area contributed by atoms with E-state index in [4.69, 9.17) is 5.11 Å². The first-order valence-corrected chi connectivity index (χ1v) is 6.35. The van der Waals surface area contributed by atoms with Gasteiger partial charge in [-0.05, 0) is 25.9 Å². The molecular formula is C12H23F3N2O. The number of alkyl halides is 3. The maximum atomic E-state index is 12.2. The summed E-state index contributed by atoms with van der Waals surface area (Å²) in [5, 5.41) is 12.4. The molecule has 0 aromatic rings. The first-order chi connectivity index (χ1) is 8.22. The van der Waals surface area contributed by atoms with Gasteiger partial charge in [0.25, 0.3) is 0 Å². The smallest absolute Gasteiger partial charge is 0.396 e. The van der Waals surface area contributed by atoms with Gasteiger partial charge in [-0.25, -0.2) is 0 Å². The van der Waals surface area contributed by atoms with Gasteiger partial charge >= 0.3 is 6.18 Å². The molecule has 0 saturated carbocycles. The second-order valence-corrected chi connectivity index (χ2v) is 5.87. The number of nitrogens with zero attached hydrogens (tertiary/aromatic N) is 1. The minimum Gasteiger partial charge on any atom is -0.396 e. The summed E-state index contributed by atoms with van der Waals surface area (Å²) in [6, 6.07) is 0.264. The SMILES string of the molecule is CC(C)(CO)CNC1CCN(CC(F)(F)F)CC1. The third-order valence-corrected chi connectivity index (χ3v) is 3.29. The summed E-state index contributed by atoms with van der Waals surface area (Å²) >= 11 is 0. The van der Waals surface area contributed by atoms with Crippen molar-refractivity contribution in [2.75, 3.05) is 32.8 Å². The Morgan fingerprint density at radius 2 is 1.78 bits per heavy atom. The van der Waals surface area contributed by atoms with Gasteiger partial charge in [0, 0.05) is 24.6 Å². The molecule has 108 valence electrons. The highest BCUT2D eigenvalue weighted by Gasteiger charge is 2.32. The van der Waals surface area contributed by atoms with Gasteiger partial charge in [0.2, 0.25) is 0 Å². The van der Waals surface area contributed by atoms with E-state index in [0.717, 1.165) is 12.8 Å². The van der Waals surface area contributed by atoms with E-state index in [2.05, 4.69) is 5.32 Å². The van der Waals surface area contributed by atoms with Crippen molar-refractivity contribution in [3.63, 3.8) is 0 Å². The van der Waals surface area contributed by atoms with Crippen molar-refractivity contribution in [1.82, 2.24) is 10.2 Å². The van der Waals surface area contributed by atoms with E-state index in [1.54, 1.807) is 0 Å². The van der Waals surface area contributed by atoms with Crippen LogP contribution in [0.1, 0.15) is 26.7 Å². The summed E-state index contributed by atoms with van der Waals surface area (Å²) in [6.07, 6.45) is -2.63. The fraction of sp³-hybridized carbons (Fsp3) is 1.00. The van der Waals surface area contributed by atoms with E-state index in [-0.39, 0.29) is 18.1 Å². The zero-order valence-corrected chi connectivity index (χ0v) is 11.1. The maximum absolute atomic E-state index is 12.2. The van der Waals surface area contributed by atoms with Crippen LogP contribution in [0.25, 0.3) is 0 Å². The molecule has 0 atom stereocenters. The van der Waals surface area contributed by atoms with Gasteiger partial charge in [-0.2, -0.15) is 13.2 Å². The Balaban J connectivity index is 2.23. The molecule has 0 spiro atoms. The molecule has 1 heterocycles. The predicted molar refractivity (Wildman–Crippen MR) is 64.4 cm³/mol. The van der Waals surface area contributed by atoms with E-state index in [9.17, 15) is 13.2 Å². The highest BCUT2D eigenvalue weighted by molar-refractivity contribution is 4.81. The van der Waals surface area contributed by atoms with Crippen LogP contribution in [-0.4, -0.2) is 55.0 Å². The van der Waals surface area contributed by atoms with Gasteiger partial charge in [0.1, 0.15) is 0 Å². The van der Waals surface area contributed by atoms with Gasteiger partial charge in [-0.15, -0.1) is 0 Å². The number of halogens is 3. The normalized spacial score (nSPS) is 20.3. The molecule has 0 aromatic carbocycles. The molecule has 3 nitrogen and oxygen atoms in total. The molecule has 6 heteroatoms. The van der Waals surface area contributed by atoms with Crippen LogP contribution in [0.4, 0.5) is 13.2 Å². The first-order valence-electron chi connectivity index (χ1n) is 6.35. The summed E-state index contributed by atoms with van der Waals surface area (Å²) in [5.74, 6) is 0. The van der Waals surface area contributed by atoms with Crippen LogP contribution in [0.2, 0.25) is 0 Å². The average Bonchev–Trinajstić information content (AvgIpc) is 2.26. The largest absolute Gasteiger partial charge is 0.401 e. The van der Waals surface area contributed by atoms with Gasteiger partial charge in [0.05, 0.1) is 6.54 Å². The standard InChI is InChI=1S/C12H23F3N2O/c1-11(2,9-18)7-16-10-3-5-17(6-4-10)8-12(13,14)15/h10,16,18H,3-9H2,1-2H3. The highest BCUT2D eigenvalue weighted by Crippen LogP contribution is 2.20. The monoisotopic (exact) mass is 268 g/mol. The van der Waals surface area contributed by atoms with Crippen LogP contribution >= 0.6 is 0 Å².